The quantitative estimate of drug-likeness (QED) is 0.826. The summed E-state index contributed by atoms with van der Waals surface area (Å²) in [6, 6.07) is 4.60. The smallest absolute Gasteiger partial charge is 0.105 e. The molecule has 0 saturated carbocycles. The fraction of sp³-hybridized carbons (Fsp3) is 0.714. The Balaban J connectivity index is 1.65. The van der Waals surface area contributed by atoms with Crippen molar-refractivity contribution in [2.75, 3.05) is 13.2 Å². The number of hydrogen-bond acceptors (Lipinski definition) is 3. The van der Waals surface area contributed by atoms with Gasteiger partial charge in [0.25, 0.3) is 0 Å². The predicted molar refractivity (Wildman–Crippen MR) is 68.1 cm³/mol. The molecule has 0 aliphatic carbocycles. The SMILES string of the molecule is CCCC1CC(NCCc2ccco2)CCO1. The van der Waals surface area contributed by atoms with Crippen LogP contribution in [0.3, 0.4) is 0 Å². The number of furan rings is 1. The molecule has 2 rings (SSSR count). The van der Waals surface area contributed by atoms with Crippen LogP contribution in [0.1, 0.15) is 38.4 Å². The van der Waals surface area contributed by atoms with Crippen LogP contribution >= 0.6 is 0 Å². The molecule has 1 N–H and O–H groups in total. The molecule has 3 heteroatoms. The van der Waals surface area contributed by atoms with Crippen LogP contribution in [0.25, 0.3) is 0 Å². The molecule has 1 saturated heterocycles. The van der Waals surface area contributed by atoms with E-state index in [9.17, 15) is 0 Å². The van der Waals surface area contributed by atoms with Crippen LogP contribution in [0.4, 0.5) is 0 Å². The Morgan fingerprint density at radius 3 is 3.18 bits per heavy atom. The Bertz CT molecular complexity index is 295. The maximum absolute atomic E-state index is 5.74. The molecular formula is C14H23NO2. The zero-order chi connectivity index (χ0) is 11.9. The molecule has 0 amide bonds. The highest BCUT2D eigenvalue weighted by atomic mass is 16.5. The van der Waals surface area contributed by atoms with Crippen molar-refractivity contribution in [3.8, 4) is 0 Å². The normalized spacial score (nSPS) is 25.0. The molecule has 0 bridgehead atoms. The van der Waals surface area contributed by atoms with Crippen molar-refractivity contribution in [3.63, 3.8) is 0 Å². The standard InChI is InChI=1S/C14H23NO2/c1-2-4-14-11-12(7-10-17-14)15-8-6-13-5-3-9-16-13/h3,5,9,12,14-15H,2,4,6-8,10-11H2,1H3. The number of rotatable bonds is 6. The summed E-state index contributed by atoms with van der Waals surface area (Å²) in [4.78, 5) is 0. The first-order valence-electron chi connectivity index (χ1n) is 6.76. The molecule has 0 spiro atoms. The van der Waals surface area contributed by atoms with Crippen molar-refractivity contribution in [2.24, 2.45) is 0 Å². The van der Waals surface area contributed by atoms with E-state index in [-0.39, 0.29) is 0 Å². The van der Waals surface area contributed by atoms with Gasteiger partial charge in [0, 0.05) is 25.6 Å². The highest BCUT2D eigenvalue weighted by Crippen LogP contribution is 2.17. The van der Waals surface area contributed by atoms with E-state index in [0.717, 1.165) is 38.2 Å². The van der Waals surface area contributed by atoms with Gasteiger partial charge in [0.2, 0.25) is 0 Å². The van der Waals surface area contributed by atoms with Crippen LogP contribution in [0, 0.1) is 0 Å². The Labute approximate surface area is 104 Å². The van der Waals surface area contributed by atoms with Gasteiger partial charge in [-0.25, -0.2) is 0 Å². The van der Waals surface area contributed by atoms with Crippen molar-refractivity contribution in [3.05, 3.63) is 24.2 Å². The number of ether oxygens (including phenoxy) is 1. The van der Waals surface area contributed by atoms with Gasteiger partial charge in [-0.15, -0.1) is 0 Å². The van der Waals surface area contributed by atoms with E-state index in [1.54, 1.807) is 6.26 Å². The Hall–Kier alpha value is -0.800. The number of hydrogen-bond donors (Lipinski definition) is 1. The highest BCUT2D eigenvalue weighted by molar-refractivity contribution is 4.98. The summed E-state index contributed by atoms with van der Waals surface area (Å²) in [5.74, 6) is 1.06. The van der Waals surface area contributed by atoms with Crippen LogP contribution in [-0.2, 0) is 11.2 Å². The molecule has 2 heterocycles. The fourth-order valence-corrected chi connectivity index (χ4v) is 2.44. The average Bonchev–Trinajstić information content (AvgIpc) is 2.83. The molecule has 96 valence electrons. The van der Waals surface area contributed by atoms with Gasteiger partial charge in [-0.2, -0.15) is 0 Å². The molecule has 1 aliphatic rings. The summed E-state index contributed by atoms with van der Waals surface area (Å²) in [7, 11) is 0. The maximum atomic E-state index is 5.74. The number of nitrogens with one attached hydrogen (secondary N) is 1. The second kappa shape index (κ2) is 6.82. The summed E-state index contributed by atoms with van der Waals surface area (Å²) in [5.41, 5.74) is 0. The van der Waals surface area contributed by atoms with E-state index in [2.05, 4.69) is 12.2 Å². The third kappa shape index (κ3) is 4.17. The topological polar surface area (TPSA) is 34.4 Å². The van der Waals surface area contributed by atoms with Crippen LogP contribution in [-0.4, -0.2) is 25.3 Å². The van der Waals surface area contributed by atoms with E-state index >= 15 is 0 Å². The minimum absolute atomic E-state index is 0.467. The van der Waals surface area contributed by atoms with E-state index < -0.39 is 0 Å². The molecule has 2 atom stereocenters. The zero-order valence-electron chi connectivity index (χ0n) is 10.7. The minimum atomic E-state index is 0.467. The molecule has 0 radical (unpaired) electrons. The van der Waals surface area contributed by atoms with Gasteiger partial charge in [0.05, 0.1) is 12.4 Å². The first kappa shape index (κ1) is 12.7. The lowest BCUT2D eigenvalue weighted by atomic mass is 10.00. The first-order valence-corrected chi connectivity index (χ1v) is 6.76. The summed E-state index contributed by atoms with van der Waals surface area (Å²) in [6.07, 6.45) is 7.88. The van der Waals surface area contributed by atoms with Crippen LogP contribution in [0.15, 0.2) is 22.8 Å². The van der Waals surface area contributed by atoms with Crippen molar-refractivity contribution in [1.82, 2.24) is 5.32 Å². The van der Waals surface area contributed by atoms with E-state index in [1.165, 1.54) is 12.8 Å². The van der Waals surface area contributed by atoms with Crippen LogP contribution in [0.2, 0.25) is 0 Å². The lowest BCUT2D eigenvalue weighted by Crippen LogP contribution is -2.39. The van der Waals surface area contributed by atoms with Crippen molar-refractivity contribution in [1.29, 1.82) is 0 Å². The van der Waals surface area contributed by atoms with Gasteiger partial charge in [0.1, 0.15) is 5.76 Å². The van der Waals surface area contributed by atoms with Gasteiger partial charge < -0.3 is 14.5 Å². The second-order valence-electron chi connectivity index (χ2n) is 4.79. The summed E-state index contributed by atoms with van der Waals surface area (Å²) < 4.78 is 11.1. The van der Waals surface area contributed by atoms with Crippen molar-refractivity contribution < 1.29 is 9.15 Å². The lowest BCUT2D eigenvalue weighted by Gasteiger charge is -2.30. The Morgan fingerprint density at radius 2 is 2.41 bits per heavy atom. The maximum Gasteiger partial charge on any atom is 0.105 e. The highest BCUT2D eigenvalue weighted by Gasteiger charge is 2.21. The third-order valence-corrected chi connectivity index (χ3v) is 3.36. The van der Waals surface area contributed by atoms with Gasteiger partial charge in [-0.1, -0.05) is 13.3 Å². The van der Waals surface area contributed by atoms with Crippen molar-refractivity contribution >= 4 is 0 Å². The summed E-state index contributed by atoms with van der Waals surface area (Å²) in [6.45, 7) is 4.12. The lowest BCUT2D eigenvalue weighted by molar-refractivity contribution is -0.00304. The van der Waals surface area contributed by atoms with Gasteiger partial charge in [-0.3, -0.25) is 0 Å². The summed E-state index contributed by atoms with van der Waals surface area (Å²) >= 11 is 0. The molecule has 1 fully saturated rings. The minimum Gasteiger partial charge on any atom is -0.469 e. The molecule has 3 nitrogen and oxygen atoms in total. The molecule has 0 aromatic carbocycles. The van der Waals surface area contributed by atoms with Crippen molar-refractivity contribution in [2.45, 2.75) is 51.2 Å². The largest absolute Gasteiger partial charge is 0.469 e. The van der Waals surface area contributed by atoms with E-state index in [1.807, 2.05) is 12.1 Å². The van der Waals surface area contributed by atoms with Gasteiger partial charge >= 0.3 is 0 Å². The monoisotopic (exact) mass is 237 g/mol. The molecule has 17 heavy (non-hydrogen) atoms. The second-order valence-corrected chi connectivity index (χ2v) is 4.79. The summed E-state index contributed by atoms with van der Waals surface area (Å²) in [5, 5.41) is 3.61. The van der Waals surface area contributed by atoms with Crippen LogP contribution in [0.5, 0.6) is 0 Å². The van der Waals surface area contributed by atoms with Gasteiger partial charge in [0.15, 0.2) is 0 Å². The van der Waals surface area contributed by atoms with E-state index in [4.69, 9.17) is 9.15 Å². The fourth-order valence-electron chi connectivity index (χ4n) is 2.44. The Kier molecular flexibility index (Phi) is 5.08. The molecule has 1 aromatic heterocycles. The molecule has 1 aliphatic heterocycles. The average molecular weight is 237 g/mol. The van der Waals surface area contributed by atoms with Gasteiger partial charge in [-0.05, 0) is 31.4 Å². The van der Waals surface area contributed by atoms with E-state index in [0.29, 0.717) is 12.1 Å². The molecule has 1 aromatic rings. The molecule has 2 unspecified atom stereocenters. The third-order valence-electron chi connectivity index (χ3n) is 3.36. The first-order chi connectivity index (χ1) is 8.38. The van der Waals surface area contributed by atoms with Crippen LogP contribution < -0.4 is 5.32 Å². The Morgan fingerprint density at radius 1 is 1.47 bits per heavy atom. The predicted octanol–water partition coefficient (Wildman–Crippen LogP) is 2.76. The molecular weight excluding hydrogens is 214 g/mol. The zero-order valence-corrected chi connectivity index (χ0v) is 10.7.